The molecule has 0 saturated heterocycles. The van der Waals surface area contributed by atoms with Crippen molar-refractivity contribution in [2.24, 2.45) is 20.8 Å². The van der Waals surface area contributed by atoms with E-state index in [1.165, 1.54) is 13.0 Å². The van der Waals surface area contributed by atoms with E-state index in [9.17, 15) is 26.3 Å². The molecular weight excluding hydrogens is 378 g/mol. The Morgan fingerprint density at radius 1 is 1.22 bits per heavy atom. The van der Waals surface area contributed by atoms with Gasteiger partial charge in [0.1, 0.15) is 11.3 Å². The van der Waals surface area contributed by atoms with Gasteiger partial charge in [-0.05, 0) is 25.1 Å². The number of hydrogen-bond acceptors (Lipinski definition) is 5. The number of nitriles is 1. The first-order chi connectivity index (χ1) is 12.4. The molecule has 0 aromatic heterocycles. The van der Waals surface area contributed by atoms with E-state index < -0.39 is 41.2 Å². The average molecular weight is 388 g/mol. The third kappa shape index (κ3) is 3.09. The highest BCUT2D eigenvalue weighted by molar-refractivity contribution is 6.13. The van der Waals surface area contributed by atoms with Gasteiger partial charge >= 0.3 is 12.4 Å². The Bertz CT molecular complexity index is 936. The smallest absolute Gasteiger partial charge is 0.368 e. The second-order valence-corrected chi connectivity index (χ2v) is 6.05. The monoisotopic (exact) mass is 388 g/mol. The molecule has 1 aromatic carbocycles. The zero-order valence-corrected chi connectivity index (χ0v) is 13.5. The van der Waals surface area contributed by atoms with Gasteiger partial charge in [-0.2, -0.15) is 41.7 Å². The highest BCUT2D eigenvalue weighted by atomic mass is 19.4. The first kappa shape index (κ1) is 18.7. The fourth-order valence-corrected chi connectivity index (χ4v) is 2.78. The van der Waals surface area contributed by atoms with Crippen molar-refractivity contribution in [1.29, 1.82) is 5.26 Å². The predicted molar refractivity (Wildman–Crippen MR) is 83.2 cm³/mol. The molecular formula is C15H10F6N6. The number of benzene rings is 1. The molecule has 0 spiro atoms. The number of amidine groups is 1. The van der Waals surface area contributed by atoms with Crippen molar-refractivity contribution in [2.45, 2.75) is 31.2 Å². The van der Waals surface area contributed by atoms with Gasteiger partial charge in [0.25, 0.3) is 0 Å². The predicted octanol–water partition coefficient (Wildman–Crippen LogP) is 3.32. The van der Waals surface area contributed by atoms with E-state index in [1.807, 2.05) is 0 Å². The Morgan fingerprint density at radius 2 is 1.89 bits per heavy atom. The van der Waals surface area contributed by atoms with E-state index in [4.69, 9.17) is 11.0 Å². The van der Waals surface area contributed by atoms with Gasteiger partial charge in [-0.15, -0.1) is 0 Å². The number of hydrogen-bond donors (Lipinski definition) is 1. The van der Waals surface area contributed by atoms with Crippen LogP contribution >= 0.6 is 0 Å². The van der Waals surface area contributed by atoms with Crippen LogP contribution in [0.2, 0.25) is 0 Å². The van der Waals surface area contributed by atoms with Crippen LogP contribution in [-0.4, -0.2) is 34.2 Å². The third-order valence-corrected chi connectivity index (χ3v) is 4.11. The molecule has 27 heavy (non-hydrogen) atoms. The number of guanidine groups is 1. The van der Waals surface area contributed by atoms with Crippen LogP contribution in [0.4, 0.5) is 32.0 Å². The summed E-state index contributed by atoms with van der Waals surface area (Å²) in [4.78, 5) is 7.79. The molecule has 0 unspecified atom stereocenters. The molecule has 142 valence electrons. The van der Waals surface area contributed by atoms with Crippen LogP contribution in [0, 0.1) is 11.3 Å². The van der Waals surface area contributed by atoms with Crippen molar-refractivity contribution >= 4 is 23.2 Å². The molecule has 2 aliphatic heterocycles. The molecule has 1 aromatic rings. The van der Waals surface area contributed by atoms with Gasteiger partial charge in [-0.3, -0.25) is 0 Å². The fourth-order valence-electron chi connectivity index (χ4n) is 2.78. The molecule has 0 bridgehead atoms. The van der Waals surface area contributed by atoms with Crippen LogP contribution in [-0.2, 0) is 6.18 Å². The van der Waals surface area contributed by atoms with Gasteiger partial charge in [0, 0.05) is 6.42 Å². The van der Waals surface area contributed by atoms with Gasteiger partial charge in [0.05, 0.1) is 22.9 Å². The van der Waals surface area contributed by atoms with Crippen molar-refractivity contribution in [1.82, 2.24) is 5.01 Å². The summed E-state index contributed by atoms with van der Waals surface area (Å²) in [5, 5.41) is 13.1. The zero-order chi connectivity index (χ0) is 20.2. The average Bonchev–Trinajstić information content (AvgIpc) is 3.01. The maximum Gasteiger partial charge on any atom is 0.431 e. The molecule has 0 radical (unpaired) electrons. The van der Waals surface area contributed by atoms with Crippen LogP contribution in [0.5, 0.6) is 0 Å². The van der Waals surface area contributed by atoms with Gasteiger partial charge in [0.15, 0.2) is 5.84 Å². The standard InChI is InChI=1S/C15H10F6N6/c1-13-5-10(15(19,20)21)26-27(13)12(23)25-11(13)24-8-3-2-7(6-22)9(4-8)14(16,17)18/h2-4H,5H2,1H3,(H2,23,24,25)/t13-/m0/s1. The molecule has 0 fully saturated rings. The lowest BCUT2D eigenvalue weighted by Crippen LogP contribution is -2.45. The van der Waals surface area contributed by atoms with E-state index >= 15 is 0 Å². The topological polar surface area (TPSA) is 90.1 Å². The maximum absolute atomic E-state index is 13.1. The lowest BCUT2D eigenvalue weighted by Gasteiger charge is -2.25. The number of rotatable bonds is 1. The third-order valence-electron chi connectivity index (χ3n) is 4.11. The molecule has 2 heterocycles. The molecule has 0 saturated carbocycles. The minimum atomic E-state index is -4.80. The molecule has 12 heteroatoms. The number of nitrogens with zero attached hydrogens (tertiary/aromatic N) is 5. The van der Waals surface area contributed by atoms with E-state index in [-0.39, 0.29) is 17.5 Å². The zero-order valence-electron chi connectivity index (χ0n) is 13.5. The van der Waals surface area contributed by atoms with Gasteiger partial charge in [0.2, 0.25) is 5.96 Å². The summed E-state index contributed by atoms with van der Waals surface area (Å²) in [5.74, 6) is -0.555. The minimum Gasteiger partial charge on any atom is -0.368 e. The summed E-state index contributed by atoms with van der Waals surface area (Å²) in [6.07, 6.45) is -10.1. The van der Waals surface area contributed by atoms with E-state index in [2.05, 4.69) is 15.1 Å². The van der Waals surface area contributed by atoms with Crippen LogP contribution in [0.25, 0.3) is 0 Å². The summed E-state index contributed by atoms with van der Waals surface area (Å²) >= 11 is 0. The van der Waals surface area contributed by atoms with E-state index in [1.54, 1.807) is 0 Å². The number of alkyl halides is 6. The van der Waals surface area contributed by atoms with Gasteiger partial charge in [-0.1, -0.05) is 0 Å². The number of nitrogens with two attached hydrogens (primary N) is 1. The SMILES string of the molecule is C[C@@]12CC(C(F)(F)F)=NN1C(N)=NC2=Nc1ccc(C#N)c(C(F)(F)F)c1. The Hall–Kier alpha value is -3.10. The Balaban J connectivity index is 2.04. The second-order valence-electron chi connectivity index (χ2n) is 6.05. The van der Waals surface area contributed by atoms with Gasteiger partial charge < -0.3 is 5.73 Å². The lowest BCUT2D eigenvalue weighted by molar-refractivity contribution is -0.137. The van der Waals surface area contributed by atoms with Crippen LogP contribution in [0.15, 0.2) is 33.3 Å². The minimum absolute atomic E-state index is 0.208. The number of halogens is 6. The second kappa shape index (κ2) is 5.70. The molecule has 1 atom stereocenters. The Morgan fingerprint density at radius 3 is 2.44 bits per heavy atom. The Labute approximate surface area is 148 Å². The highest BCUT2D eigenvalue weighted by Gasteiger charge is 2.55. The number of hydrazone groups is 1. The Kier molecular flexibility index (Phi) is 3.94. The number of aliphatic imine (C=N–C) groups is 2. The van der Waals surface area contributed by atoms with Crippen molar-refractivity contribution in [3.8, 4) is 6.07 Å². The summed E-state index contributed by atoms with van der Waals surface area (Å²) in [6, 6.07) is 4.12. The molecule has 2 aliphatic rings. The first-order valence-corrected chi connectivity index (χ1v) is 7.36. The van der Waals surface area contributed by atoms with Crippen molar-refractivity contribution in [3.63, 3.8) is 0 Å². The molecule has 0 amide bonds. The van der Waals surface area contributed by atoms with Gasteiger partial charge in [-0.25, -0.2) is 10.0 Å². The van der Waals surface area contributed by atoms with Crippen LogP contribution in [0.1, 0.15) is 24.5 Å². The molecule has 2 N–H and O–H groups in total. The largest absolute Gasteiger partial charge is 0.431 e. The van der Waals surface area contributed by atoms with E-state index in [0.717, 1.165) is 17.1 Å². The molecule has 0 aliphatic carbocycles. The van der Waals surface area contributed by atoms with Crippen molar-refractivity contribution in [3.05, 3.63) is 29.3 Å². The molecule has 3 rings (SSSR count). The first-order valence-electron chi connectivity index (χ1n) is 7.36. The summed E-state index contributed by atoms with van der Waals surface area (Å²) in [6.45, 7) is 1.35. The number of fused-ring (bicyclic) bond motifs is 1. The quantitative estimate of drug-likeness (QED) is 0.749. The maximum atomic E-state index is 13.1. The van der Waals surface area contributed by atoms with E-state index in [0.29, 0.717) is 6.07 Å². The van der Waals surface area contributed by atoms with Crippen molar-refractivity contribution in [2.75, 3.05) is 0 Å². The van der Waals surface area contributed by atoms with Crippen LogP contribution in [0.3, 0.4) is 0 Å². The highest BCUT2D eigenvalue weighted by Crippen LogP contribution is 2.40. The summed E-state index contributed by atoms with van der Waals surface area (Å²) in [7, 11) is 0. The van der Waals surface area contributed by atoms with Crippen LogP contribution < -0.4 is 5.73 Å². The summed E-state index contributed by atoms with van der Waals surface area (Å²) < 4.78 is 78.1. The summed E-state index contributed by atoms with van der Waals surface area (Å²) in [5.41, 5.74) is 1.00. The van der Waals surface area contributed by atoms with Crippen molar-refractivity contribution < 1.29 is 26.3 Å². The fraction of sp³-hybridized carbons (Fsp3) is 0.333. The molecule has 6 nitrogen and oxygen atoms in total. The lowest BCUT2D eigenvalue weighted by atomic mass is 9.95. The normalized spacial score (nSPS) is 23.9.